The van der Waals surface area contributed by atoms with Gasteiger partial charge in [-0.2, -0.15) is 0 Å². The molecule has 2 aromatic carbocycles. The van der Waals surface area contributed by atoms with Gasteiger partial charge in [0.15, 0.2) is 0 Å². The molecule has 0 heterocycles. The van der Waals surface area contributed by atoms with Gasteiger partial charge < -0.3 is 15.1 Å². The number of hydrogen-bond donors (Lipinski definition) is 2. The van der Waals surface area contributed by atoms with Crippen molar-refractivity contribution in [1.82, 2.24) is 4.90 Å². The van der Waals surface area contributed by atoms with E-state index in [0.29, 0.717) is 6.42 Å². The average molecular weight is 287 g/mol. The van der Waals surface area contributed by atoms with Crippen molar-refractivity contribution in [2.45, 2.75) is 25.9 Å². The highest BCUT2D eigenvalue weighted by atomic mass is 16.3. The number of rotatable bonds is 5. The third-order valence-electron chi connectivity index (χ3n) is 4.32. The third kappa shape index (κ3) is 3.20. The molecule has 0 amide bonds. The molecule has 0 aliphatic heterocycles. The van der Waals surface area contributed by atoms with Crippen LogP contribution in [0.25, 0.3) is 10.8 Å². The standard InChI is InChI=1S/C18H25NO2/c1-5-18(21,13(2)12-19(3)4)16-8-6-15-11-17(20)9-7-14(15)10-16/h6-11,13,20-21H,5,12H2,1-4H3/t13-,18+/m0/s1. The summed E-state index contributed by atoms with van der Waals surface area (Å²) in [6, 6.07) is 11.3. The molecule has 3 nitrogen and oxygen atoms in total. The van der Waals surface area contributed by atoms with Gasteiger partial charge in [-0.25, -0.2) is 0 Å². The predicted octanol–water partition coefficient (Wildman–Crippen LogP) is 3.34. The third-order valence-corrected chi connectivity index (χ3v) is 4.32. The maximum Gasteiger partial charge on any atom is 0.116 e. The number of aromatic hydroxyl groups is 1. The Morgan fingerprint density at radius 3 is 2.33 bits per heavy atom. The largest absolute Gasteiger partial charge is 0.508 e. The lowest BCUT2D eigenvalue weighted by Crippen LogP contribution is -2.38. The van der Waals surface area contributed by atoms with Gasteiger partial charge in [-0.3, -0.25) is 0 Å². The van der Waals surface area contributed by atoms with E-state index in [0.717, 1.165) is 22.9 Å². The van der Waals surface area contributed by atoms with Crippen LogP contribution in [0.15, 0.2) is 36.4 Å². The minimum atomic E-state index is -0.837. The summed E-state index contributed by atoms with van der Waals surface area (Å²) < 4.78 is 0. The van der Waals surface area contributed by atoms with Gasteiger partial charge in [-0.1, -0.05) is 32.0 Å². The molecule has 0 unspecified atom stereocenters. The lowest BCUT2D eigenvalue weighted by molar-refractivity contribution is -0.0290. The quantitative estimate of drug-likeness (QED) is 0.886. The van der Waals surface area contributed by atoms with Crippen LogP contribution in [0.4, 0.5) is 0 Å². The predicted molar refractivity (Wildman–Crippen MR) is 87.5 cm³/mol. The number of fused-ring (bicyclic) bond motifs is 1. The van der Waals surface area contributed by atoms with Gasteiger partial charge in [0.1, 0.15) is 5.75 Å². The van der Waals surface area contributed by atoms with Crippen molar-refractivity contribution in [3.05, 3.63) is 42.0 Å². The van der Waals surface area contributed by atoms with Crippen LogP contribution in [0.5, 0.6) is 5.75 Å². The highest BCUT2D eigenvalue weighted by molar-refractivity contribution is 5.84. The van der Waals surface area contributed by atoms with Crippen molar-refractivity contribution in [2.24, 2.45) is 5.92 Å². The van der Waals surface area contributed by atoms with Gasteiger partial charge in [-0.15, -0.1) is 0 Å². The number of nitrogens with zero attached hydrogens (tertiary/aromatic N) is 1. The van der Waals surface area contributed by atoms with Crippen molar-refractivity contribution in [2.75, 3.05) is 20.6 Å². The van der Waals surface area contributed by atoms with E-state index in [1.165, 1.54) is 0 Å². The van der Waals surface area contributed by atoms with E-state index in [4.69, 9.17) is 0 Å². The first-order valence-corrected chi connectivity index (χ1v) is 7.47. The van der Waals surface area contributed by atoms with Crippen LogP contribution >= 0.6 is 0 Å². The van der Waals surface area contributed by atoms with Crippen LogP contribution in [0.3, 0.4) is 0 Å². The molecule has 0 saturated heterocycles. The van der Waals surface area contributed by atoms with Crippen LogP contribution in [-0.4, -0.2) is 35.8 Å². The summed E-state index contributed by atoms with van der Waals surface area (Å²) in [4.78, 5) is 2.10. The van der Waals surface area contributed by atoms with E-state index in [-0.39, 0.29) is 11.7 Å². The molecule has 2 aromatic rings. The summed E-state index contributed by atoms with van der Waals surface area (Å²) in [7, 11) is 4.05. The van der Waals surface area contributed by atoms with E-state index in [1.807, 2.05) is 45.3 Å². The molecule has 0 fully saturated rings. The van der Waals surface area contributed by atoms with Crippen molar-refractivity contribution < 1.29 is 10.2 Å². The van der Waals surface area contributed by atoms with Crippen LogP contribution in [0.2, 0.25) is 0 Å². The fraction of sp³-hybridized carbons (Fsp3) is 0.444. The number of aliphatic hydroxyl groups is 1. The molecule has 0 aliphatic rings. The fourth-order valence-electron chi connectivity index (χ4n) is 3.04. The lowest BCUT2D eigenvalue weighted by Gasteiger charge is -2.35. The molecule has 3 heteroatoms. The summed E-state index contributed by atoms with van der Waals surface area (Å²) in [5.41, 5.74) is 0.105. The van der Waals surface area contributed by atoms with Crippen LogP contribution in [0.1, 0.15) is 25.8 Å². The fourth-order valence-corrected chi connectivity index (χ4v) is 3.04. The number of phenolic OH excluding ortho intramolecular Hbond substituents is 1. The second kappa shape index (κ2) is 6.04. The summed E-state index contributed by atoms with van der Waals surface area (Å²) in [6.45, 7) is 4.94. The van der Waals surface area contributed by atoms with Gasteiger partial charge in [0, 0.05) is 12.5 Å². The van der Waals surface area contributed by atoms with E-state index >= 15 is 0 Å². The monoisotopic (exact) mass is 287 g/mol. The molecule has 0 aromatic heterocycles. The Kier molecular flexibility index (Phi) is 4.55. The Morgan fingerprint density at radius 2 is 1.71 bits per heavy atom. The topological polar surface area (TPSA) is 43.7 Å². The van der Waals surface area contributed by atoms with E-state index in [9.17, 15) is 10.2 Å². The zero-order valence-electron chi connectivity index (χ0n) is 13.3. The van der Waals surface area contributed by atoms with Gasteiger partial charge in [-0.05, 0) is 55.1 Å². The molecule has 2 rings (SSSR count). The first kappa shape index (κ1) is 15.8. The molecular weight excluding hydrogens is 262 g/mol. The Bertz CT molecular complexity index is 624. The van der Waals surface area contributed by atoms with Crippen LogP contribution in [-0.2, 0) is 5.60 Å². The minimum absolute atomic E-state index is 0.132. The normalized spacial score (nSPS) is 16.1. The van der Waals surface area contributed by atoms with Crippen LogP contribution in [0, 0.1) is 5.92 Å². The highest BCUT2D eigenvalue weighted by Gasteiger charge is 2.34. The van der Waals surface area contributed by atoms with Crippen molar-refractivity contribution in [3.8, 4) is 5.75 Å². The molecule has 0 radical (unpaired) electrons. The smallest absolute Gasteiger partial charge is 0.116 e. The summed E-state index contributed by atoms with van der Waals surface area (Å²) in [5, 5.41) is 22.7. The van der Waals surface area contributed by atoms with Gasteiger partial charge in [0.05, 0.1) is 5.60 Å². The second-order valence-electron chi connectivity index (χ2n) is 6.19. The molecular formula is C18H25NO2. The molecule has 2 atom stereocenters. The molecule has 0 saturated carbocycles. The second-order valence-corrected chi connectivity index (χ2v) is 6.19. The zero-order chi connectivity index (χ0) is 15.6. The Balaban J connectivity index is 2.44. The van der Waals surface area contributed by atoms with Crippen molar-refractivity contribution in [3.63, 3.8) is 0 Å². The maximum absolute atomic E-state index is 11.1. The average Bonchev–Trinajstić information content (AvgIpc) is 2.45. The molecule has 0 spiro atoms. The Labute approximate surface area is 126 Å². The summed E-state index contributed by atoms with van der Waals surface area (Å²) in [6.07, 6.45) is 0.672. The Hall–Kier alpha value is -1.58. The summed E-state index contributed by atoms with van der Waals surface area (Å²) >= 11 is 0. The molecule has 2 N–H and O–H groups in total. The molecule has 21 heavy (non-hydrogen) atoms. The zero-order valence-corrected chi connectivity index (χ0v) is 13.3. The lowest BCUT2D eigenvalue weighted by atomic mass is 9.79. The van der Waals surface area contributed by atoms with Gasteiger partial charge >= 0.3 is 0 Å². The van der Waals surface area contributed by atoms with Gasteiger partial charge in [0.25, 0.3) is 0 Å². The van der Waals surface area contributed by atoms with E-state index in [2.05, 4.69) is 11.8 Å². The molecule has 0 aliphatic carbocycles. The first-order valence-electron chi connectivity index (χ1n) is 7.47. The summed E-state index contributed by atoms with van der Waals surface area (Å²) in [5.74, 6) is 0.397. The SMILES string of the molecule is CC[C@](O)(c1ccc2cc(O)ccc2c1)[C@@H](C)CN(C)C. The Morgan fingerprint density at radius 1 is 1.10 bits per heavy atom. The maximum atomic E-state index is 11.1. The number of hydrogen-bond acceptors (Lipinski definition) is 3. The van der Waals surface area contributed by atoms with E-state index in [1.54, 1.807) is 12.1 Å². The van der Waals surface area contributed by atoms with E-state index < -0.39 is 5.60 Å². The van der Waals surface area contributed by atoms with Gasteiger partial charge in [0.2, 0.25) is 0 Å². The molecule has 0 bridgehead atoms. The van der Waals surface area contributed by atoms with Crippen molar-refractivity contribution >= 4 is 10.8 Å². The van der Waals surface area contributed by atoms with Crippen molar-refractivity contribution in [1.29, 1.82) is 0 Å². The molecule has 114 valence electrons. The first-order chi connectivity index (χ1) is 9.86. The number of benzene rings is 2. The highest BCUT2D eigenvalue weighted by Crippen LogP contribution is 2.35. The number of phenols is 1. The minimum Gasteiger partial charge on any atom is -0.508 e. The van der Waals surface area contributed by atoms with Crippen LogP contribution < -0.4 is 0 Å².